The largest absolute Gasteiger partial charge is 0.330 e. The fourth-order valence-electron chi connectivity index (χ4n) is 1.90. The van der Waals surface area contributed by atoms with Gasteiger partial charge in [-0.25, -0.2) is 4.98 Å². The second kappa shape index (κ2) is 3.57. The number of nitrogens with two attached hydrogens (primary N) is 1. The van der Waals surface area contributed by atoms with Crippen LogP contribution < -0.4 is 5.73 Å². The van der Waals surface area contributed by atoms with E-state index in [1.54, 1.807) is 17.5 Å². The first-order valence-corrected chi connectivity index (χ1v) is 5.88. The summed E-state index contributed by atoms with van der Waals surface area (Å²) in [4.78, 5) is 17.9. The van der Waals surface area contributed by atoms with Gasteiger partial charge in [-0.2, -0.15) is 0 Å². The summed E-state index contributed by atoms with van der Waals surface area (Å²) in [6.07, 6.45) is 2.51. The van der Waals surface area contributed by atoms with E-state index in [2.05, 4.69) is 4.98 Å². The van der Waals surface area contributed by atoms with Crippen molar-refractivity contribution in [2.75, 3.05) is 6.54 Å². The molecule has 0 aliphatic carbocycles. The number of amides is 1. The highest BCUT2D eigenvalue weighted by atomic mass is 32.1. The Balaban J connectivity index is 2.27. The van der Waals surface area contributed by atoms with E-state index >= 15 is 0 Å². The van der Waals surface area contributed by atoms with E-state index < -0.39 is 0 Å². The van der Waals surface area contributed by atoms with Crippen LogP contribution in [0.5, 0.6) is 0 Å². The van der Waals surface area contributed by atoms with Gasteiger partial charge in [0.05, 0.1) is 11.6 Å². The molecule has 1 aromatic rings. The number of hydrogen-bond donors (Lipinski definition) is 1. The van der Waals surface area contributed by atoms with Crippen LogP contribution in [0.2, 0.25) is 0 Å². The molecule has 2 rings (SSSR count). The van der Waals surface area contributed by atoms with Gasteiger partial charge in [0.25, 0.3) is 0 Å². The standard InChI is InChI=1S/C10H15N3OS/c1-10(2,9-12-4-6-15-9)13-5-3-7(11)8(13)14/h4,6-7H,3,5,11H2,1-2H3. The molecule has 2 N–H and O–H groups in total. The van der Waals surface area contributed by atoms with Gasteiger partial charge < -0.3 is 10.6 Å². The van der Waals surface area contributed by atoms with Gasteiger partial charge >= 0.3 is 0 Å². The molecule has 4 nitrogen and oxygen atoms in total. The minimum atomic E-state index is -0.334. The lowest BCUT2D eigenvalue weighted by Gasteiger charge is -2.33. The van der Waals surface area contributed by atoms with Crippen molar-refractivity contribution < 1.29 is 4.79 Å². The number of rotatable bonds is 2. The molecule has 0 aromatic carbocycles. The molecule has 0 radical (unpaired) electrons. The normalized spacial score (nSPS) is 22.5. The van der Waals surface area contributed by atoms with Gasteiger partial charge in [0.2, 0.25) is 5.91 Å². The Bertz CT molecular complexity index is 361. The molecule has 1 atom stereocenters. The van der Waals surface area contributed by atoms with Crippen LogP contribution in [-0.4, -0.2) is 28.4 Å². The summed E-state index contributed by atoms with van der Waals surface area (Å²) < 4.78 is 0. The lowest BCUT2D eigenvalue weighted by molar-refractivity contribution is -0.133. The number of aromatic nitrogens is 1. The van der Waals surface area contributed by atoms with E-state index in [1.165, 1.54) is 0 Å². The summed E-state index contributed by atoms with van der Waals surface area (Å²) in [6.45, 7) is 4.76. The quantitative estimate of drug-likeness (QED) is 0.815. The van der Waals surface area contributed by atoms with Crippen LogP contribution in [0, 0.1) is 0 Å². The van der Waals surface area contributed by atoms with Gasteiger partial charge in [-0.1, -0.05) is 0 Å². The minimum absolute atomic E-state index is 0.0372. The van der Waals surface area contributed by atoms with E-state index in [0.29, 0.717) is 0 Å². The van der Waals surface area contributed by atoms with Crippen molar-refractivity contribution in [3.63, 3.8) is 0 Å². The molecular formula is C10H15N3OS. The van der Waals surface area contributed by atoms with E-state index in [0.717, 1.165) is 18.0 Å². The molecule has 1 saturated heterocycles. The molecule has 1 unspecified atom stereocenters. The molecule has 15 heavy (non-hydrogen) atoms. The van der Waals surface area contributed by atoms with Crippen LogP contribution in [-0.2, 0) is 10.3 Å². The molecular weight excluding hydrogens is 210 g/mol. The Labute approximate surface area is 93.1 Å². The van der Waals surface area contributed by atoms with Crippen LogP contribution >= 0.6 is 11.3 Å². The zero-order valence-corrected chi connectivity index (χ0v) is 9.75. The third-order valence-corrected chi connectivity index (χ3v) is 3.96. The van der Waals surface area contributed by atoms with E-state index in [1.807, 2.05) is 24.1 Å². The highest BCUT2D eigenvalue weighted by molar-refractivity contribution is 7.09. The SMILES string of the molecule is CC(C)(c1nccs1)N1CCC(N)C1=O. The van der Waals surface area contributed by atoms with E-state index in [4.69, 9.17) is 5.73 Å². The molecule has 0 saturated carbocycles. The predicted octanol–water partition coefficient (Wildman–Crippen LogP) is 0.938. The zero-order valence-electron chi connectivity index (χ0n) is 8.93. The molecule has 1 aromatic heterocycles. The molecule has 82 valence electrons. The first kappa shape index (κ1) is 10.6. The Morgan fingerprint density at radius 1 is 1.67 bits per heavy atom. The average molecular weight is 225 g/mol. The van der Waals surface area contributed by atoms with Crippen molar-refractivity contribution in [1.29, 1.82) is 0 Å². The van der Waals surface area contributed by atoms with Crippen LogP contribution in [0.3, 0.4) is 0 Å². The smallest absolute Gasteiger partial charge is 0.240 e. The highest BCUT2D eigenvalue weighted by Gasteiger charge is 2.40. The summed E-state index contributed by atoms with van der Waals surface area (Å²) in [5.41, 5.74) is 5.38. The molecule has 5 heteroatoms. The summed E-state index contributed by atoms with van der Waals surface area (Å²) in [6, 6.07) is -0.329. The molecule has 1 aliphatic rings. The predicted molar refractivity (Wildman–Crippen MR) is 59.4 cm³/mol. The van der Waals surface area contributed by atoms with Gasteiger partial charge in [-0.15, -0.1) is 11.3 Å². The summed E-state index contributed by atoms with van der Waals surface area (Å²) in [7, 11) is 0. The summed E-state index contributed by atoms with van der Waals surface area (Å²) in [5.74, 6) is 0.0372. The fraction of sp³-hybridized carbons (Fsp3) is 0.600. The molecule has 1 fully saturated rings. The number of carbonyl (C=O) groups is 1. The monoisotopic (exact) mass is 225 g/mol. The van der Waals surface area contributed by atoms with Crippen molar-refractivity contribution in [2.45, 2.75) is 31.8 Å². The highest BCUT2D eigenvalue weighted by Crippen LogP contribution is 2.32. The van der Waals surface area contributed by atoms with Crippen LogP contribution in [0.1, 0.15) is 25.3 Å². The zero-order chi connectivity index (χ0) is 11.1. The number of nitrogens with zero attached hydrogens (tertiary/aromatic N) is 2. The van der Waals surface area contributed by atoms with Crippen LogP contribution in [0.4, 0.5) is 0 Å². The van der Waals surface area contributed by atoms with E-state index in [-0.39, 0.29) is 17.5 Å². The number of hydrogen-bond acceptors (Lipinski definition) is 4. The lowest BCUT2D eigenvalue weighted by Crippen LogP contribution is -2.45. The Morgan fingerprint density at radius 2 is 2.40 bits per heavy atom. The Kier molecular flexibility index (Phi) is 2.52. The van der Waals surface area contributed by atoms with E-state index in [9.17, 15) is 4.79 Å². The van der Waals surface area contributed by atoms with Gasteiger partial charge in [0.1, 0.15) is 5.01 Å². The summed E-state index contributed by atoms with van der Waals surface area (Å²) in [5, 5.41) is 2.89. The number of likely N-dealkylation sites (tertiary alicyclic amines) is 1. The molecule has 0 spiro atoms. The minimum Gasteiger partial charge on any atom is -0.330 e. The van der Waals surface area contributed by atoms with Crippen molar-refractivity contribution in [2.24, 2.45) is 5.73 Å². The topological polar surface area (TPSA) is 59.2 Å². The Morgan fingerprint density at radius 3 is 2.87 bits per heavy atom. The van der Waals surface area contributed by atoms with Crippen LogP contribution in [0.25, 0.3) is 0 Å². The first-order valence-electron chi connectivity index (χ1n) is 5.00. The molecule has 2 heterocycles. The maximum Gasteiger partial charge on any atom is 0.240 e. The van der Waals surface area contributed by atoms with Gasteiger partial charge in [-0.3, -0.25) is 4.79 Å². The Hall–Kier alpha value is -0.940. The third kappa shape index (κ3) is 1.66. The van der Waals surface area contributed by atoms with Crippen molar-refractivity contribution in [3.05, 3.63) is 16.6 Å². The van der Waals surface area contributed by atoms with Crippen LogP contribution in [0.15, 0.2) is 11.6 Å². The second-order valence-electron chi connectivity index (χ2n) is 4.28. The van der Waals surface area contributed by atoms with Gasteiger partial charge in [0.15, 0.2) is 0 Å². The van der Waals surface area contributed by atoms with Gasteiger partial charge in [0, 0.05) is 18.1 Å². The van der Waals surface area contributed by atoms with Crippen molar-refractivity contribution in [3.8, 4) is 0 Å². The molecule has 1 aliphatic heterocycles. The van der Waals surface area contributed by atoms with Gasteiger partial charge in [-0.05, 0) is 20.3 Å². The number of thiazole rings is 1. The molecule has 1 amide bonds. The average Bonchev–Trinajstić information content (AvgIpc) is 2.78. The lowest BCUT2D eigenvalue weighted by atomic mass is 10.0. The second-order valence-corrected chi connectivity index (χ2v) is 5.18. The van der Waals surface area contributed by atoms with Crippen molar-refractivity contribution in [1.82, 2.24) is 9.88 Å². The first-order chi connectivity index (χ1) is 7.03. The maximum atomic E-state index is 11.8. The summed E-state index contributed by atoms with van der Waals surface area (Å²) >= 11 is 1.57. The number of carbonyl (C=O) groups excluding carboxylic acids is 1. The third-order valence-electron chi connectivity index (χ3n) is 2.88. The maximum absolute atomic E-state index is 11.8. The van der Waals surface area contributed by atoms with Crippen molar-refractivity contribution >= 4 is 17.2 Å². The fourth-order valence-corrected chi connectivity index (χ4v) is 2.67. The molecule has 0 bridgehead atoms.